The van der Waals surface area contributed by atoms with Crippen molar-refractivity contribution in [3.8, 4) is 0 Å². The number of rotatable bonds is 5. The molecule has 24 heavy (non-hydrogen) atoms. The molecule has 1 N–H and O–H groups in total. The molecule has 5 nitrogen and oxygen atoms in total. The van der Waals surface area contributed by atoms with E-state index in [1.807, 2.05) is 0 Å². The minimum absolute atomic E-state index is 0.206. The van der Waals surface area contributed by atoms with Crippen molar-refractivity contribution < 1.29 is 28.2 Å². The number of furan rings is 1. The maximum atomic E-state index is 13.6. The number of aliphatic hydroxyl groups is 1. The fourth-order valence-electron chi connectivity index (χ4n) is 2.55. The van der Waals surface area contributed by atoms with Gasteiger partial charge in [0.05, 0.1) is 13.2 Å². The molecule has 1 aromatic carbocycles. The van der Waals surface area contributed by atoms with Gasteiger partial charge in [-0.25, -0.2) is 4.39 Å². The van der Waals surface area contributed by atoms with E-state index in [1.54, 1.807) is 18.2 Å². The van der Waals surface area contributed by atoms with Crippen LogP contribution in [0.5, 0.6) is 0 Å². The van der Waals surface area contributed by atoms with Crippen LogP contribution in [-0.4, -0.2) is 24.1 Å². The molecule has 6 heteroatoms. The zero-order valence-electron chi connectivity index (χ0n) is 13.1. The Kier molecular flexibility index (Phi) is 4.78. The molecule has 0 saturated carbocycles. The number of halogens is 1. The highest BCUT2D eigenvalue weighted by Crippen LogP contribution is 2.29. The predicted octanol–water partition coefficient (Wildman–Crippen LogP) is 3.54. The average Bonchev–Trinajstić information content (AvgIpc) is 3.20. The third-order valence-electron chi connectivity index (χ3n) is 3.60. The predicted molar refractivity (Wildman–Crippen MR) is 83.8 cm³/mol. The Labute approximate surface area is 138 Å². The SMILES string of the molecule is CC(=O)C=C(O)c1ccc(Cc2ccc(F)cc2C2OCCO2)o1. The van der Waals surface area contributed by atoms with Gasteiger partial charge in [0.1, 0.15) is 11.6 Å². The van der Waals surface area contributed by atoms with Gasteiger partial charge in [0.15, 0.2) is 23.6 Å². The van der Waals surface area contributed by atoms with Crippen molar-refractivity contribution in [2.24, 2.45) is 0 Å². The van der Waals surface area contributed by atoms with Crippen LogP contribution in [0.25, 0.3) is 5.76 Å². The van der Waals surface area contributed by atoms with Crippen LogP contribution in [0, 0.1) is 5.82 Å². The Morgan fingerprint density at radius 1 is 1.29 bits per heavy atom. The van der Waals surface area contributed by atoms with E-state index < -0.39 is 6.29 Å². The van der Waals surface area contributed by atoms with Crippen LogP contribution in [0.15, 0.2) is 40.8 Å². The third-order valence-corrected chi connectivity index (χ3v) is 3.60. The normalized spacial score (nSPS) is 15.8. The van der Waals surface area contributed by atoms with Crippen molar-refractivity contribution in [2.75, 3.05) is 13.2 Å². The van der Waals surface area contributed by atoms with E-state index in [4.69, 9.17) is 13.9 Å². The van der Waals surface area contributed by atoms with Gasteiger partial charge in [-0.05, 0) is 36.8 Å². The van der Waals surface area contributed by atoms with Crippen LogP contribution < -0.4 is 0 Å². The van der Waals surface area contributed by atoms with Crippen LogP contribution in [-0.2, 0) is 20.7 Å². The second-order valence-electron chi connectivity index (χ2n) is 5.50. The van der Waals surface area contributed by atoms with Crippen LogP contribution >= 0.6 is 0 Å². The molecular formula is C18H17FO5. The van der Waals surface area contributed by atoms with Crippen molar-refractivity contribution in [3.63, 3.8) is 0 Å². The van der Waals surface area contributed by atoms with Gasteiger partial charge >= 0.3 is 0 Å². The fraction of sp³-hybridized carbons (Fsp3) is 0.278. The van der Waals surface area contributed by atoms with Crippen molar-refractivity contribution in [3.05, 3.63) is 64.9 Å². The molecule has 0 spiro atoms. The number of hydrogen-bond acceptors (Lipinski definition) is 5. The molecule has 1 aliphatic heterocycles. The van der Waals surface area contributed by atoms with Gasteiger partial charge in [-0.15, -0.1) is 0 Å². The summed E-state index contributed by atoms with van der Waals surface area (Å²) < 4.78 is 30.0. The summed E-state index contributed by atoms with van der Waals surface area (Å²) in [4.78, 5) is 11.0. The molecule has 0 aliphatic carbocycles. The van der Waals surface area contributed by atoms with Gasteiger partial charge in [-0.3, -0.25) is 4.79 Å². The molecule has 0 amide bonds. The highest BCUT2D eigenvalue weighted by atomic mass is 19.1. The lowest BCUT2D eigenvalue weighted by molar-refractivity contribution is -0.112. The van der Waals surface area contributed by atoms with Gasteiger partial charge in [0.2, 0.25) is 0 Å². The quantitative estimate of drug-likeness (QED) is 0.670. The first-order chi connectivity index (χ1) is 11.5. The Balaban J connectivity index is 1.84. The minimum Gasteiger partial charge on any atom is -0.504 e. The lowest BCUT2D eigenvalue weighted by Crippen LogP contribution is -2.04. The van der Waals surface area contributed by atoms with E-state index in [0.717, 1.165) is 11.6 Å². The van der Waals surface area contributed by atoms with Crippen molar-refractivity contribution in [1.29, 1.82) is 0 Å². The smallest absolute Gasteiger partial charge is 0.184 e. The number of hydrogen-bond donors (Lipinski definition) is 1. The molecule has 2 aromatic rings. The Bertz CT molecular complexity index is 771. The first kappa shape index (κ1) is 16.4. The molecule has 1 fully saturated rings. The summed E-state index contributed by atoms with van der Waals surface area (Å²) >= 11 is 0. The minimum atomic E-state index is -0.587. The van der Waals surface area contributed by atoms with E-state index in [9.17, 15) is 14.3 Å². The summed E-state index contributed by atoms with van der Waals surface area (Å²) in [6, 6.07) is 7.69. The van der Waals surface area contributed by atoms with Crippen LogP contribution in [0.2, 0.25) is 0 Å². The number of carbonyl (C=O) groups excluding carboxylic acids is 1. The monoisotopic (exact) mass is 332 g/mol. The summed E-state index contributed by atoms with van der Waals surface area (Å²) in [7, 11) is 0. The zero-order valence-corrected chi connectivity index (χ0v) is 13.1. The van der Waals surface area contributed by atoms with Crippen LogP contribution in [0.3, 0.4) is 0 Å². The fourth-order valence-corrected chi connectivity index (χ4v) is 2.55. The summed E-state index contributed by atoms with van der Waals surface area (Å²) in [5, 5.41) is 9.79. The van der Waals surface area contributed by atoms with Gasteiger partial charge in [0, 0.05) is 18.1 Å². The maximum Gasteiger partial charge on any atom is 0.184 e. The van der Waals surface area contributed by atoms with E-state index in [1.165, 1.54) is 19.1 Å². The van der Waals surface area contributed by atoms with Crippen LogP contribution in [0.4, 0.5) is 4.39 Å². The molecule has 126 valence electrons. The molecule has 1 aliphatic rings. The number of ether oxygens (including phenoxy) is 2. The zero-order chi connectivity index (χ0) is 17.1. The maximum absolute atomic E-state index is 13.6. The largest absolute Gasteiger partial charge is 0.504 e. The molecule has 3 rings (SSSR count). The van der Waals surface area contributed by atoms with Gasteiger partial charge < -0.3 is 19.0 Å². The molecule has 0 radical (unpaired) electrons. The summed E-state index contributed by atoms with van der Waals surface area (Å²) in [6.07, 6.45) is 0.884. The summed E-state index contributed by atoms with van der Waals surface area (Å²) in [5.41, 5.74) is 1.42. The topological polar surface area (TPSA) is 68.9 Å². The standard InChI is InChI=1S/C18H17FO5/c1-11(20)8-16(21)17-5-4-14(24-17)9-12-2-3-13(19)10-15(12)18-22-6-7-23-18/h2-5,8,10,18,21H,6-7,9H2,1H3. The van der Waals surface area contributed by atoms with Crippen molar-refractivity contribution in [1.82, 2.24) is 0 Å². The van der Waals surface area contributed by atoms with Gasteiger partial charge in [0.25, 0.3) is 0 Å². The van der Waals surface area contributed by atoms with Crippen molar-refractivity contribution >= 4 is 11.5 Å². The lowest BCUT2D eigenvalue weighted by atomic mass is 10.0. The van der Waals surface area contributed by atoms with E-state index in [-0.39, 0.29) is 23.1 Å². The second kappa shape index (κ2) is 6.98. The Hall–Kier alpha value is -2.44. The van der Waals surface area contributed by atoms with Crippen LogP contribution in [0.1, 0.15) is 35.9 Å². The second-order valence-corrected chi connectivity index (χ2v) is 5.50. The molecule has 2 heterocycles. The molecule has 1 aromatic heterocycles. The number of allylic oxidation sites excluding steroid dienone is 1. The molecule has 0 atom stereocenters. The highest BCUT2D eigenvalue weighted by molar-refractivity contribution is 5.92. The Morgan fingerprint density at radius 3 is 2.75 bits per heavy atom. The molecule has 0 bridgehead atoms. The first-order valence-corrected chi connectivity index (χ1v) is 7.55. The van der Waals surface area contributed by atoms with Crippen molar-refractivity contribution in [2.45, 2.75) is 19.6 Å². The number of ketones is 1. The third kappa shape index (κ3) is 3.72. The number of carbonyl (C=O) groups is 1. The van der Waals surface area contributed by atoms with Gasteiger partial charge in [-0.1, -0.05) is 6.07 Å². The van der Waals surface area contributed by atoms with E-state index in [0.29, 0.717) is 31.0 Å². The Morgan fingerprint density at radius 2 is 2.04 bits per heavy atom. The highest BCUT2D eigenvalue weighted by Gasteiger charge is 2.22. The molecular weight excluding hydrogens is 315 g/mol. The summed E-state index contributed by atoms with van der Waals surface area (Å²) in [6.45, 7) is 2.27. The van der Waals surface area contributed by atoms with E-state index >= 15 is 0 Å². The number of benzene rings is 1. The molecule has 0 unspecified atom stereocenters. The average molecular weight is 332 g/mol. The number of aliphatic hydroxyl groups excluding tert-OH is 1. The molecule has 1 saturated heterocycles. The summed E-state index contributed by atoms with van der Waals surface area (Å²) in [5.74, 6) is -0.0936. The van der Waals surface area contributed by atoms with E-state index in [2.05, 4.69) is 0 Å². The lowest BCUT2D eigenvalue weighted by Gasteiger charge is -2.14. The van der Waals surface area contributed by atoms with Gasteiger partial charge in [-0.2, -0.15) is 0 Å². The first-order valence-electron chi connectivity index (χ1n) is 7.55.